The molecule has 0 unspecified atom stereocenters. The number of imidazole rings is 1. The van der Waals surface area contributed by atoms with Gasteiger partial charge in [-0.3, -0.25) is 9.11 Å². The second-order valence-corrected chi connectivity index (χ2v) is 8.45. The van der Waals surface area contributed by atoms with Gasteiger partial charge in [0.2, 0.25) is 4.58 Å². The van der Waals surface area contributed by atoms with Crippen LogP contribution >= 0.6 is 11.6 Å². The van der Waals surface area contributed by atoms with E-state index in [0.29, 0.717) is 11.0 Å². The highest BCUT2D eigenvalue weighted by molar-refractivity contribution is 8.03. The molecule has 0 amide bonds. The van der Waals surface area contributed by atoms with Gasteiger partial charge in [-0.15, -0.1) is 0 Å². The zero-order chi connectivity index (χ0) is 17.4. The Bertz CT molecular complexity index is 974. The van der Waals surface area contributed by atoms with Crippen LogP contribution in [0.1, 0.15) is 12.0 Å². The highest BCUT2D eigenvalue weighted by atomic mass is 35.5. The van der Waals surface area contributed by atoms with Crippen molar-refractivity contribution in [2.75, 3.05) is 0 Å². The molecule has 9 nitrogen and oxygen atoms in total. The molecule has 2 N–H and O–H groups in total. The van der Waals surface area contributed by atoms with Crippen molar-refractivity contribution in [2.45, 2.75) is 17.5 Å². The first-order valence-corrected chi connectivity index (χ1v) is 9.32. The molecule has 2 aromatic rings. The van der Waals surface area contributed by atoms with Gasteiger partial charge < -0.3 is 4.57 Å². The second-order valence-electron chi connectivity index (χ2n) is 4.54. The normalized spacial score (nSPS) is 12.7. The van der Waals surface area contributed by atoms with Crippen molar-refractivity contribution < 1.29 is 25.9 Å². The van der Waals surface area contributed by atoms with Crippen LogP contribution < -0.4 is 0 Å². The van der Waals surface area contributed by atoms with Crippen LogP contribution in [0.2, 0.25) is 5.02 Å². The molecule has 0 spiro atoms. The highest BCUT2D eigenvalue weighted by Gasteiger charge is 2.35. The number of hydrogen-bond acceptors (Lipinski definition) is 6. The van der Waals surface area contributed by atoms with E-state index >= 15 is 0 Å². The minimum atomic E-state index is -5.01. The maximum absolute atomic E-state index is 11.1. The molecule has 0 saturated carbocycles. The molecule has 0 aliphatic heterocycles. The molecule has 12 heteroatoms. The molecule has 0 bridgehead atoms. The Kier molecular flexibility index (Phi) is 4.65. The Morgan fingerprint density at radius 3 is 2.43 bits per heavy atom. The Labute approximate surface area is 136 Å². The van der Waals surface area contributed by atoms with E-state index in [-0.39, 0.29) is 17.1 Å². The molecule has 0 saturated heterocycles. The number of halogens is 1. The summed E-state index contributed by atoms with van der Waals surface area (Å²) in [4.78, 5) is 3.88. The molecule has 1 radical (unpaired) electrons. The van der Waals surface area contributed by atoms with E-state index in [2.05, 4.69) is 11.3 Å². The monoisotopic (exact) mass is 378 g/mol. The lowest BCUT2D eigenvalue weighted by atomic mass is 10.2. The van der Waals surface area contributed by atoms with Gasteiger partial charge in [0, 0.05) is 13.0 Å². The molecule has 1 aromatic heterocycles. The van der Waals surface area contributed by atoms with Gasteiger partial charge >= 0.3 is 0 Å². The molecule has 1 aromatic carbocycles. The Morgan fingerprint density at radius 2 is 1.91 bits per heavy atom. The number of fused-ring (bicyclic) bond motifs is 1. The minimum Gasteiger partial charge on any atom is -0.321 e. The van der Waals surface area contributed by atoms with Crippen LogP contribution in [0.4, 0.5) is 0 Å². The third-order valence-electron chi connectivity index (χ3n) is 3.02. The van der Waals surface area contributed by atoms with Crippen LogP contribution in [-0.2, 0) is 26.8 Å². The van der Waals surface area contributed by atoms with Crippen molar-refractivity contribution in [3.8, 4) is 6.07 Å². The summed E-state index contributed by atoms with van der Waals surface area (Å²) in [7, 11) is -10.0. The van der Waals surface area contributed by atoms with Crippen LogP contribution in [-0.4, -0.2) is 40.1 Å². The van der Waals surface area contributed by atoms with E-state index in [1.165, 1.54) is 16.7 Å². The molecule has 23 heavy (non-hydrogen) atoms. The van der Waals surface area contributed by atoms with Gasteiger partial charge in [0.05, 0.1) is 21.6 Å². The van der Waals surface area contributed by atoms with Gasteiger partial charge in [-0.2, -0.15) is 22.1 Å². The first-order chi connectivity index (χ1) is 10.5. The summed E-state index contributed by atoms with van der Waals surface area (Å²) in [6, 6.07) is 4.65. The predicted octanol–water partition coefficient (Wildman–Crippen LogP) is 0.853. The first-order valence-electron chi connectivity index (χ1n) is 5.94. The number of nitrogens with zero attached hydrogens (tertiary/aromatic N) is 3. The van der Waals surface area contributed by atoms with E-state index in [4.69, 9.17) is 26.0 Å². The standard InChI is InChI=1S/C11H9ClN3O6S2/c12-8-4-9-10(3-7(8)5-13)15(6-14-9)2-1-11(22(16,17)18)23(19,20)21/h3-4,11H,1-2H2,(H,16,17,18)(H,19,20,21). The van der Waals surface area contributed by atoms with Crippen molar-refractivity contribution >= 4 is 42.9 Å². The van der Waals surface area contributed by atoms with Crippen LogP contribution in [0.5, 0.6) is 0 Å². The average molecular weight is 379 g/mol. The third kappa shape index (κ3) is 3.80. The maximum Gasteiger partial charge on any atom is 0.284 e. The van der Waals surface area contributed by atoms with Crippen molar-refractivity contribution in [3.05, 3.63) is 29.0 Å². The summed E-state index contributed by atoms with van der Waals surface area (Å²) in [5.74, 6) is 0. The number of aromatic nitrogens is 2. The number of benzene rings is 1. The first kappa shape index (κ1) is 17.6. The van der Waals surface area contributed by atoms with Gasteiger partial charge in [0.1, 0.15) is 6.07 Å². The fraction of sp³-hybridized carbons (Fsp3) is 0.273. The maximum atomic E-state index is 11.1. The summed E-state index contributed by atoms with van der Waals surface area (Å²) in [5.41, 5.74) is 0.884. The highest BCUT2D eigenvalue weighted by Crippen LogP contribution is 2.23. The molecule has 0 fully saturated rings. The summed E-state index contributed by atoms with van der Waals surface area (Å²) < 4.78 is 61.0. The zero-order valence-corrected chi connectivity index (χ0v) is 13.6. The van der Waals surface area contributed by atoms with Gasteiger partial charge in [0.15, 0.2) is 6.33 Å². The van der Waals surface area contributed by atoms with Crippen molar-refractivity contribution in [2.24, 2.45) is 0 Å². The molecule has 1 heterocycles. The quantitative estimate of drug-likeness (QED) is 0.726. The lowest BCUT2D eigenvalue weighted by Gasteiger charge is -2.11. The van der Waals surface area contributed by atoms with Crippen molar-refractivity contribution in [1.29, 1.82) is 5.26 Å². The van der Waals surface area contributed by atoms with Gasteiger partial charge in [-0.1, -0.05) is 11.6 Å². The molecule has 0 aliphatic rings. The van der Waals surface area contributed by atoms with E-state index in [1.807, 2.05) is 6.07 Å². The van der Waals surface area contributed by atoms with Gasteiger partial charge in [0.25, 0.3) is 20.2 Å². The fourth-order valence-electron chi connectivity index (χ4n) is 1.97. The van der Waals surface area contributed by atoms with Crippen LogP contribution in [0.3, 0.4) is 0 Å². The lowest BCUT2D eigenvalue weighted by molar-refractivity contribution is 0.446. The van der Waals surface area contributed by atoms with E-state index < -0.39 is 31.2 Å². The Hall–Kier alpha value is -1.71. The minimum absolute atomic E-state index is 0.149. The topological polar surface area (TPSA) is 150 Å². The van der Waals surface area contributed by atoms with Crippen LogP contribution in [0, 0.1) is 17.7 Å². The summed E-state index contributed by atoms with van der Waals surface area (Å²) in [5, 5.41) is 9.11. The van der Waals surface area contributed by atoms with Crippen molar-refractivity contribution in [1.82, 2.24) is 9.55 Å². The van der Waals surface area contributed by atoms with E-state index in [1.54, 1.807) is 0 Å². The molecule has 0 atom stereocenters. The second kappa shape index (κ2) is 6.06. The van der Waals surface area contributed by atoms with Gasteiger partial charge in [-0.25, -0.2) is 4.98 Å². The number of hydrogen-bond donors (Lipinski definition) is 2. The zero-order valence-electron chi connectivity index (χ0n) is 11.2. The smallest absolute Gasteiger partial charge is 0.284 e. The van der Waals surface area contributed by atoms with Crippen molar-refractivity contribution in [3.63, 3.8) is 0 Å². The summed E-state index contributed by atoms with van der Waals surface area (Å²) in [6.07, 6.45) is 1.86. The molecular formula is C11H9ClN3O6S2. The summed E-state index contributed by atoms with van der Waals surface area (Å²) >= 11 is 5.85. The fourth-order valence-corrected chi connectivity index (χ4v) is 4.20. The molecule has 2 rings (SSSR count). The predicted molar refractivity (Wildman–Crippen MR) is 79.8 cm³/mol. The van der Waals surface area contributed by atoms with Crippen LogP contribution in [0.15, 0.2) is 12.1 Å². The third-order valence-corrected chi connectivity index (χ3v) is 6.59. The molecular weight excluding hydrogens is 370 g/mol. The summed E-state index contributed by atoms with van der Waals surface area (Å²) in [6.45, 7) is -0.243. The Balaban J connectivity index is 2.38. The SMILES string of the molecule is N#Cc1cc2c(cc1Cl)n[c]n2CCC(S(=O)(=O)O)S(=O)(=O)O. The number of aryl methyl sites for hydroxylation is 1. The van der Waals surface area contributed by atoms with E-state index in [0.717, 1.165) is 0 Å². The lowest BCUT2D eigenvalue weighted by Crippen LogP contribution is -2.30. The van der Waals surface area contributed by atoms with E-state index in [9.17, 15) is 16.8 Å². The van der Waals surface area contributed by atoms with Crippen LogP contribution in [0.25, 0.3) is 11.0 Å². The Morgan fingerprint density at radius 1 is 1.30 bits per heavy atom. The molecule has 0 aliphatic carbocycles. The number of nitriles is 1. The average Bonchev–Trinajstić information content (AvgIpc) is 2.77. The number of rotatable bonds is 5. The largest absolute Gasteiger partial charge is 0.321 e. The van der Waals surface area contributed by atoms with Gasteiger partial charge in [-0.05, 0) is 12.1 Å². The molecule has 123 valence electrons.